The van der Waals surface area contributed by atoms with Gasteiger partial charge in [-0.05, 0) is 94.7 Å². The monoisotopic (exact) mass is 608 g/mol. The second kappa shape index (κ2) is 10.4. The molecule has 43 heavy (non-hydrogen) atoms. The number of hydrogen-bond donors (Lipinski definition) is 3. The Bertz CT molecular complexity index is 1490. The van der Waals surface area contributed by atoms with E-state index >= 15 is 0 Å². The molecule has 0 unspecified atom stereocenters. The molecule has 2 aliphatic heterocycles. The summed E-state index contributed by atoms with van der Waals surface area (Å²) in [5, 5.41) is 23.0. The number of rotatable bonds is 9. The molecule has 0 bridgehead atoms. The van der Waals surface area contributed by atoms with Crippen LogP contribution >= 0.6 is 11.6 Å². The van der Waals surface area contributed by atoms with Crippen LogP contribution in [-0.2, 0) is 22.5 Å². The van der Waals surface area contributed by atoms with E-state index in [1.54, 1.807) is 6.07 Å². The lowest BCUT2D eigenvalue weighted by atomic mass is 9.60. The van der Waals surface area contributed by atoms with Gasteiger partial charge in [0.1, 0.15) is 11.5 Å². The Balaban J connectivity index is 1.22. The molecule has 4 N–H and O–H groups in total. The number of epoxide rings is 1. The molecule has 4 aliphatic carbocycles. The van der Waals surface area contributed by atoms with Crippen molar-refractivity contribution < 1.29 is 24.5 Å². The van der Waals surface area contributed by atoms with Gasteiger partial charge in [0, 0.05) is 48.3 Å². The molecule has 230 valence electrons. The van der Waals surface area contributed by atoms with Crippen molar-refractivity contribution in [1.82, 2.24) is 14.7 Å². The Kier molecular flexibility index (Phi) is 6.96. The predicted octanol–water partition coefficient (Wildman–Crippen LogP) is 3.55. The van der Waals surface area contributed by atoms with Gasteiger partial charge in [0.2, 0.25) is 0 Å². The second-order valence-corrected chi connectivity index (χ2v) is 14.0. The van der Waals surface area contributed by atoms with E-state index in [4.69, 9.17) is 22.1 Å². The third-order valence-corrected chi connectivity index (χ3v) is 11.1. The lowest BCUT2D eigenvalue weighted by Gasteiger charge is -2.44. The van der Waals surface area contributed by atoms with Crippen molar-refractivity contribution in [1.29, 1.82) is 0 Å². The number of aliphatic hydroxyl groups is 1. The predicted molar refractivity (Wildman–Crippen MR) is 163 cm³/mol. The van der Waals surface area contributed by atoms with E-state index < -0.39 is 17.6 Å². The summed E-state index contributed by atoms with van der Waals surface area (Å²) >= 11 is 7.11. The first-order valence-electron chi connectivity index (χ1n) is 15.6. The van der Waals surface area contributed by atoms with Crippen molar-refractivity contribution in [2.24, 2.45) is 23.5 Å². The highest BCUT2D eigenvalue weighted by molar-refractivity contribution is 6.33. The number of phenols is 1. The molecule has 3 fully saturated rings. The standard InChI is InChI=1S/C33H41ClN4O5/c1-17-24(32(35)42)30(41)28(36(2)3)22-13-19-12-21-26(29(40)25(19)31-33(17,22)43-31)23(39)14-20(27(21)34)16-38(15-18-6-7-18)11-10-37-8-4-5-9-37/h14,18-19,22,28,39,41H,1,4-13,15-16H2,2-3H3,(H2,35,42)/t19-,22-,28-,33-/m0/s1. The highest BCUT2D eigenvalue weighted by Gasteiger charge is 2.71. The Morgan fingerprint density at radius 2 is 1.98 bits per heavy atom. The highest BCUT2D eigenvalue weighted by Crippen LogP contribution is 2.66. The van der Waals surface area contributed by atoms with Gasteiger partial charge in [-0.2, -0.15) is 0 Å². The first kappa shape index (κ1) is 28.9. The molecule has 1 aromatic carbocycles. The van der Waals surface area contributed by atoms with Gasteiger partial charge in [-0.3, -0.25) is 19.4 Å². The van der Waals surface area contributed by atoms with E-state index in [9.17, 15) is 19.8 Å². The van der Waals surface area contributed by atoms with Crippen LogP contribution in [0.5, 0.6) is 5.75 Å². The van der Waals surface area contributed by atoms with Gasteiger partial charge in [-0.25, -0.2) is 0 Å². The normalized spacial score (nSPS) is 29.9. The van der Waals surface area contributed by atoms with Crippen molar-refractivity contribution in [3.63, 3.8) is 0 Å². The number of primary amides is 1. The van der Waals surface area contributed by atoms with Gasteiger partial charge < -0.3 is 25.6 Å². The molecule has 4 atom stereocenters. The molecule has 1 aromatic rings. The SMILES string of the molecule is C=C1C(C(N)=O)=C(O)[C@@H](N(C)C)[C@@H]2C[C@@H]3Cc4c(Cl)c(CN(CCN5CCCC5)CC5CC5)cc(O)c4C(=O)C3=C3O[C@]132. The number of benzene rings is 1. The van der Waals surface area contributed by atoms with Crippen LogP contribution in [0.25, 0.3) is 0 Å². The van der Waals surface area contributed by atoms with E-state index in [2.05, 4.69) is 16.4 Å². The van der Waals surface area contributed by atoms with Gasteiger partial charge in [-0.15, -0.1) is 0 Å². The first-order chi connectivity index (χ1) is 20.5. The zero-order valence-corrected chi connectivity index (χ0v) is 25.8. The summed E-state index contributed by atoms with van der Waals surface area (Å²) in [6, 6.07) is 1.13. The maximum absolute atomic E-state index is 14.1. The third-order valence-electron chi connectivity index (χ3n) is 10.6. The van der Waals surface area contributed by atoms with Crippen LogP contribution in [0.1, 0.15) is 53.6 Å². The number of halogens is 1. The number of ether oxygens (including phenoxy) is 1. The zero-order valence-electron chi connectivity index (χ0n) is 25.0. The number of fused-ring (bicyclic) bond motifs is 2. The Morgan fingerprint density at radius 1 is 1.26 bits per heavy atom. The topological polar surface area (TPSA) is 123 Å². The van der Waals surface area contributed by atoms with Crippen molar-refractivity contribution in [3.8, 4) is 5.75 Å². The number of nitrogens with two attached hydrogens (primary N) is 1. The largest absolute Gasteiger partial charge is 0.510 e. The smallest absolute Gasteiger partial charge is 0.252 e. The van der Waals surface area contributed by atoms with Gasteiger partial charge in [0.05, 0.1) is 17.2 Å². The Labute approximate surface area is 257 Å². The molecule has 1 amide bonds. The van der Waals surface area contributed by atoms with E-state index in [1.165, 1.54) is 25.7 Å². The number of phenolic OH excluding ortho intramolecular Hbond substituents is 1. The van der Waals surface area contributed by atoms with Crippen molar-refractivity contribution >= 4 is 23.3 Å². The Hall–Kier alpha value is -2.85. The number of amides is 1. The van der Waals surface area contributed by atoms with Gasteiger partial charge in [-0.1, -0.05) is 18.2 Å². The van der Waals surface area contributed by atoms with Gasteiger partial charge in [0.15, 0.2) is 17.1 Å². The average molecular weight is 609 g/mol. The fourth-order valence-electron chi connectivity index (χ4n) is 8.35. The summed E-state index contributed by atoms with van der Waals surface area (Å²) in [6.45, 7) is 10.0. The number of carbonyl (C=O) groups excluding carboxylic acids is 2. The lowest BCUT2D eigenvalue weighted by molar-refractivity contribution is -0.114. The number of Topliss-reactive ketones (excluding diaryl/α,β-unsaturated/α-hetero) is 1. The van der Waals surface area contributed by atoms with Gasteiger partial charge in [0.25, 0.3) is 5.91 Å². The quantitative estimate of drug-likeness (QED) is 0.364. The Morgan fingerprint density at radius 3 is 2.63 bits per heavy atom. The molecular weight excluding hydrogens is 568 g/mol. The maximum Gasteiger partial charge on any atom is 0.252 e. The van der Waals surface area contributed by atoms with Crippen LogP contribution in [0.2, 0.25) is 5.02 Å². The van der Waals surface area contributed by atoms with Crippen LogP contribution in [0.15, 0.2) is 40.9 Å². The van der Waals surface area contributed by atoms with Crippen molar-refractivity contribution in [2.45, 2.75) is 56.7 Å². The molecule has 6 aliphatic rings. The first-order valence-corrected chi connectivity index (χ1v) is 16.0. The number of aromatic hydroxyl groups is 1. The van der Waals surface area contributed by atoms with Crippen LogP contribution < -0.4 is 5.73 Å². The van der Waals surface area contributed by atoms with Gasteiger partial charge >= 0.3 is 0 Å². The highest BCUT2D eigenvalue weighted by atomic mass is 35.5. The number of likely N-dealkylation sites (tertiary alicyclic amines) is 1. The summed E-state index contributed by atoms with van der Waals surface area (Å²) in [5.41, 5.74) is 7.13. The van der Waals surface area contributed by atoms with Crippen molar-refractivity contribution in [2.75, 3.05) is 46.8 Å². The minimum absolute atomic E-state index is 0.0383. The summed E-state index contributed by atoms with van der Waals surface area (Å²) in [5.74, 6) is -0.526. The number of carbonyl (C=O) groups is 2. The summed E-state index contributed by atoms with van der Waals surface area (Å²) in [4.78, 5) is 33.3. The fourth-order valence-corrected chi connectivity index (χ4v) is 8.63. The number of likely N-dealkylation sites (N-methyl/N-ethyl adjacent to an activating group) is 1. The number of aliphatic hydroxyl groups excluding tert-OH is 1. The van der Waals surface area contributed by atoms with E-state index in [-0.39, 0.29) is 40.3 Å². The summed E-state index contributed by atoms with van der Waals surface area (Å²) < 4.78 is 6.26. The van der Waals surface area contributed by atoms with E-state index in [0.29, 0.717) is 46.9 Å². The van der Waals surface area contributed by atoms with Crippen LogP contribution in [0.4, 0.5) is 0 Å². The minimum atomic E-state index is -1.07. The van der Waals surface area contributed by atoms with Crippen LogP contribution in [-0.4, -0.2) is 95.1 Å². The molecule has 1 saturated carbocycles. The molecule has 9 nitrogen and oxygen atoms in total. The lowest BCUT2D eigenvalue weighted by Crippen LogP contribution is -2.52. The minimum Gasteiger partial charge on any atom is -0.510 e. The molecule has 1 spiro atoms. The van der Waals surface area contributed by atoms with Crippen LogP contribution in [0.3, 0.4) is 0 Å². The second-order valence-electron chi connectivity index (χ2n) is 13.6. The summed E-state index contributed by atoms with van der Waals surface area (Å²) in [6.07, 6.45) is 6.04. The molecule has 2 heterocycles. The molecular formula is C33H41ClN4O5. The van der Waals surface area contributed by atoms with E-state index in [1.807, 2.05) is 19.0 Å². The number of nitrogens with zero attached hydrogens (tertiary/aromatic N) is 3. The van der Waals surface area contributed by atoms with Crippen LogP contribution in [0, 0.1) is 17.8 Å². The number of hydrogen-bond acceptors (Lipinski definition) is 8. The average Bonchev–Trinajstić information content (AvgIpc) is 3.85. The number of ketones is 1. The van der Waals surface area contributed by atoms with E-state index in [0.717, 1.165) is 44.2 Å². The molecule has 10 heteroatoms. The zero-order chi connectivity index (χ0) is 30.4. The van der Waals surface area contributed by atoms with Crippen molar-refractivity contribution in [3.05, 3.63) is 62.6 Å². The molecule has 7 rings (SSSR count). The number of allylic oxidation sites excluding steroid dienone is 1. The maximum atomic E-state index is 14.1. The molecule has 0 radical (unpaired) electrons. The fraction of sp³-hybridized carbons (Fsp3) is 0.576. The molecule has 2 saturated heterocycles. The summed E-state index contributed by atoms with van der Waals surface area (Å²) in [7, 11) is 3.67. The third kappa shape index (κ3) is 4.54. The molecule has 0 aromatic heterocycles.